The van der Waals surface area contributed by atoms with Crippen LogP contribution in [0.2, 0.25) is 5.02 Å². The SMILES string of the molecule is CCC(C)N(Cc1cccc(Cl)c1)Cc1ncc[nH]1. The van der Waals surface area contributed by atoms with Gasteiger partial charge in [0.25, 0.3) is 0 Å². The summed E-state index contributed by atoms with van der Waals surface area (Å²) in [6.07, 6.45) is 4.77. The van der Waals surface area contributed by atoms with Crippen LogP contribution < -0.4 is 0 Å². The minimum Gasteiger partial charge on any atom is -0.348 e. The van der Waals surface area contributed by atoms with E-state index in [2.05, 4.69) is 34.8 Å². The lowest BCUT2D eigenvalue weighted by molar-refractivity contribution is 0.182. The first-order valence-corrected chi connectivity index (χ1v) is 7.03. The maximum absolute atomic E-state index is 6.05. The third-order valence-corrected chi connectivity index (χ3v) is 3.63. The minimum atomic E-state index is 0.504. The lowest BCUT2D eigenvalue weighted by atomic mass is 10.1. The van der Waals surface area contributed by atoms with E-state index < -0.39 is 0 Å². The lowest BCUT2D eigenvalue weighted by Crippen LogP contribution is -2.32. The summed E-state index contributed by atoms with van der Waals surface area (Å²) in [6.45, 7) is 6.16. The molecule has 0 saturated carbocycles. The van der Waals surface area contributed by atoms with Gasteiger partial charge in [-0.05, 0) is 31.0 Å². The molecule has 3 nitrogen and oxygen atoms in total. The van der Waals surface area contributed by atoms with Gasteiger partial charge in [-0.1, -0.05) is 30.7 Å². The van der Waals surface area contributed by atoms with Crippen molar-refractivity contribution in [2.75, 3.05) is 0 Å². The standard InChI is InChI=1S/C15H20ClN3/c1-3-12(2)19(11-15-17-7-8-18-15)10-13-5-4-6-14(16)9-13/h4-9,12H,3,10-11H2,1-2H3,(H,17,18). The quantitative estimate of drug-likeness (QED) is 0.869. The van der Waals surface area contributed by atoms with Gasteiger partial charge in [-0.25, -0.2) is 4.98 Å². The Kier molecular flexibility index (Phi) is 5.00. The van der Waals surface area contributed by atoms with Crippen LogP contribution in [0.3, 0.4) is 0 Å². The Bertz CT molecular complexity index is 496. The van der Waals surface area contributed by atoms with Gasteiger partial charge < -0.3 is 4.98 Å². The summed E-state index contributed by atoms with van der Waals surface area (Å²) in [5.41, 5.74) is 1.24. The van der Waals surface area contributed by atoms with Crippen molar-refractivity contribution in [3.05, 3.63) is 53.1 Å². The van der Waals surface area contributed by atoms with Gasteiger partial charge in [0.2, 0.25) is 0 Å². The monoisotopic (exact) mass is 277 g/mol. The first kappa shape index (κ1) is 14.1. The van der Waals surface area contributed by atoms with Gasteiger partial charge in [0.05, 0.1) is 6.54 Å². The Balaban J connectivity index is 2.09. The Morgan fingerprint density at radius 1 is 1.37 bits per heavy atom. The molecule has 1 N–H and O–H groups in total. The minimum absolute atomic E-state index is 0.504. The number of aromatic nitrogens is 2. The number of imidazole rings is 1. The molecule has 2 rings (SSSR count). The van der Waals surface area contributed by atoms with E-state index in [0.29, 0.717) is 6.04 Å². The molecule has 2 aromatic rings. The van der Waals surface area contributed by atoms with Crippen molar-refractivity contribution in [1.82, 2.24) is 14.9 Å². The molecule has 1 aromatic heterocycles. The van der Waals surface area contributed by atoms with Crippen LogP contribution in [0.15, 0.2) is 36.7 Å². The van der Waals surface area contributed by atoms with E-state index in [1.807, 2.05) is 24.4 Å². The number of rotatable bonds is 6. The van der Waals surface area contributed by atoms with Gasteiger partial charge in [-0.2, -0.15) is 0 Å². The molecule has 19 heavy (non-hydrogen) atoms. The molecule has 1 aromatic carbocycles. The smallest absolute Gasteiger partial charge is 0.120 e. The number of hydrogen-bond donors (Lipinski definition) is 1. The normalized spacial score (nSPS) is 12.8. The summed E-state index contributed by atoms with van der Waals surface area (Å²) in [4.78, 5) is 9.88. The first-order valence-electron chi connectivity index (χ1n) is 6.65. The highest BCUT2D eigenvalue weighted by atomic mass is 35.5. The Hall–Kier alpha value is -1.32. The number of nitrogens with one attached hydrogen (secondary N) is 1. The number of nitrogens with zero attached hydrogens (tertiary/aromatic N) is 2. The third kappa shape index (κ3) is 4.08. The number of H-pyrrole nitrogens is 1. The third-order valence-electron chi connectivity index (χ3n) is 3.40. The van der Waals surface area contributed by atoms with Crippen LogP contribution in [0.4, 0.5) is 0 Å². The van der Waals surface area contributed by atoms with Crippen molar-refractivity contribution in [2.45, 2.75) is 39.4 Å². The molecule has 0 fully saturated rings. The highest BCUT2D eigenvalue weighted by Gasteiger charge is 2.14. The molecule has 4 heteroatoms. The predicted molar refractivity (Wildman–Crippen MR) is 79.0 cm³/mol. The van der Waals surface area contributed by atoms with Crippen molar-refractivity contribution in [2.24, 2.45) is 0 Å². The van der Waals surface area contributed by atoms with Crippen LogP contribution in [0, 0.1) is 0 Å². The van der Waals surface area contributed by atoms with E-state index in [1.54, 1.807) is 6.20 Å². The first-order chi connectivity index (χ1) is 9.19. The Morgan fingerprint density at radius 3 is 2.84 bits per heavy atom. The molecule has 0 radical (unpaired) electrons. The molecule has 1 atom stereocenters. The predicted octanol–water partition coefficient (Wildman–Crippen LogP) is 3.86. The van der Waals surface area contributed by atoms with Gasteiger partial charge >= 0.3 is 0 Å². The zero-order valence-electron chi connectivity index (χ0n) is 11.4. The second kappa shape index (κ2) is 6.73. The maximum Gasteiger partial charge on any atom is 0.120 e. The van der Waals surface area contributed by atoms with E-state index in [1.165, 1.54) is 5.56 Å². The molecule has 0 aliphatic carbocycles. The molecule has 1 unspecified atom stereocenters. The molecule has 0 bridgehead atoms. The summed E-state index contributed by atoms with van der Waals surface area (Å²) in [6, 6.07) is 8.55. The number of hydrogen-bond acceptors (Lipinski definition) is 2. The fourth-order valence-electron chi connectivity index (χ4n) is 2.07. The summed E-state index contributed by atoms with van der Waals surface area (Å²) >= 11 is 6.05. The van der Waals surface area contributed by atoms with Crippen LogP contribution in [0.5, 0.6) is 0 Å². The fraction of sp³-hybridized carbons (Fsp3) is 0.400. The topological polar surface area (TPSA) is 31.9 Å². The van der Waals surface area contributed by atoms with Gasteiger partial charge in [0.15, 0.2) is 0 Å². The van der Waals surface area contributed by atoms with Gasteiger partial charge in [0, 0.05) is 30.0 Å². The van der Waals surface area contributed by atoms with E-state index in [4.69, 9.17) is 11.6 Å². The average Bonchev–Trinajstić information content (AvgIpc) is 2.90. The number of benzene rings is 1. The van der Waals surface area contributed by atoms with Crippen LogP contribution in [0.25, 0.3) is 0 Å². The van der Waals surface area contributed by atoms with Crippen molar-refractivity contribution in [1.29, 1.82) is 0 Å². The van der Waals surface area contributed by atoms with E-state index >= 15 is 0 Å². The summed E-state index contributed by atoms with van der Waals surface area (Å²) in [7, 11) is 0. The highest BCUT2D eigenvalue weighted by Crippen LogP contribution is 2.16. The van der Waals surface area contributed by atoms with E-state index in [0.717, 1.165) is 30.4 Å². The van der Waals surface area contributed by atoms with Crippen molar-refractivity contribution in [3.8, 4) is 0 Å². The molecular weight excluding hydrogens is 258 g/mol. The maximum atomic E-state index is 6.05. The molecule has 0 aliphatic rings. The molecule has 1 heterocycles. The van der Waals surface area contributed by atoms with Crippen molar-refractivity contribution < 1.29 is 0 Å². The second-order valence-electron chi connectivity index (χ2n) is 4.83. The number of aromatic amines is 1. The van der Waals surface area contributed by atoms with Crippen molar-refractivity contribution in [3.63, 3.8) is 0 Å². The molecule has 0 amide bonds. The van der Waals surface area contributed by atoms with Gasteiger partial charge in [-0.3, -0.25) is 4.90 Å². The summed E-state index contributed by atoms with van der Waals surface area (Å²) in [5, 5.41) is 0.791. The second-order valence-corrected chi connectivity index (χ2v) is 5.26. The van der Waals surface area contributed by atoms with Crippen LogP contribution in [-0.4, -0.2) is 20.9 Å². The van der Waals surface area contributed by atoms with Gasteiger partial charge in [0.1, 0.15) is 5.82 Å². The lowest BCUT2D eigenvalue weighted by Gasteiger charge is -2.27. The number of halogens is 1. The zero-order valence-corrected chi connectivity index (χ0v) is 12.2. The average molecular weight is 278 g/mol. The molecule has 0 saturated heterocycles. The molecule has 102 valence electrons. The van der Waals surface area contributed by atoms with E-state index in [9.17, 15) is 0 Å². The fourth-order valence-corrected chi connectivity index (χ4v) is 2.29. The molecule has 0 aliphatic heterocycles. The van der Waals surface area contributed by atoms with Crippen LogP contribution in [-0.2, 0) is 13.1 Å². The van der Waals surface area contributed by atoms with Gasteiger partial charge in [-0.15, -0.1) is 0 Å². The highest BCUT2D eigenvalue weighted by molar-refractivity contribution is 6.30. The largest absolute Gasteiger partial charge is 0.348 e. The summed E-state index contributed by atoms with van der Waals surface area (Å²) < 4.78 is 0. The summed E-state index contributed by atoms with van der Waals surface area (Å²) in [5.74, 6) is 1.00. The molecular formula is C15H20ClN3. The van der Waals surface area contributed by atoms with Crippen molar-refractivity contribution >= 4 is 11.6 Å². The van der Waals surface area contributed by atoms with E-state index in [-0.39, 0.29) is 0 Å². The Morgan fingerprint density at radius 2 is 2.21 bits per heavy atom. The van der Waals surface area contributed by atoms with Crippen LogP contribution in [0.1, 0.15) is 31.7 Å². The Labute approximate surface area is 119 Å². The molecule has 0 spiro atoms. The van der Waals surface area contributed by atoms with Crippen LogP contribution >= 0.6 is 11.6 Å². The zero-order chi connectivity index (χ0) is 13.7.